The van der Waals surface area contributed by atoms with E-state index in [4.69, 9.17) is 4.74 Å². The SMILES string of the molecule is C[C@@H](O)[C@H]1C(=O)N2C(C(=O)[O-])=C(COc3cccc4c(CC[N+](C)(C)CCN(C)C)cccc34)[C@H](C)[C@H]12. The Hall–Kier alpha value is -2.94. The number of carbonyl (C=O) groups excluding carboxylic acids is 2. The van der Waals surface area contributed by atoms with Gasteiger partial charge in [-0.1, -0.05) is 37.3 Å². The quantitative estimate of drug-likeness (QED) is 0.362. The molecule has 0 radical (unpaired) electrons. The summed E-state index contributed by atoms with van der Waals surface area (Å²) < 4.78 is 7.14. The lowest BCUT2D eigenvalue weighted by molar-refractivity contribution is -0.889. The molecule has 1 fully saturated rings. The lowest BCUT2D eigenvalue weighted by Crippen LogP contribution is -2.64. The molecule has 0 aliphatic carbocycles. The molecule has 0 saturated carbocycles. The maximum absolute atomic E-state index is 12.6. The van der Waals surface area contributed by atoms with Crippen LogP contribution in [0.4, 0.5) is 0 Å². The molecule has 0 unspecified atom stereocenters. The number of benzene rings is 2. The van der Waals surface area contributed by atoms with E-state index < -0.39 is 18.0 Å². The second kappa shape index (κ2) is 10.4. The van der Waals surface area contributed by atoms with Gasteiger partial charge in [0.05, 0.1) is 56.9 Å². The number of β-lactam (4-membered cyclic amide) rings is 1. The predicted molar refractivity (Wildman–Crippen MR) is 141 cm³/mol. The fourth-order valence-electron chi connectivity index (χ4n) is 5.67. The van der Waals surface area contributed by atoms with Gasteiger partial charge in [-0.15, -0.1) is 0 Å². The van der Waals surface area contributed by atoms with Crippen LogP contribution in [-0.4, -0.2) is 97.8 Å². The van der Waals surface area contributed by atoms with Crippen LogP contribution in [0.15, 0.2) is 47.7 Å². The van der Waals surface area contributed by atoms with Crippen molar-refractivity contribution in [3.05, 3.63) is 53.2 Å². The zero-order chi connectivity index (χ0) is 27.1. The summed E-state index contributed by atoms with van der Waals surface area (Å²) in [6, 6.07) is 11.8. The molecule has 0 aromatic heterocycles. The molecule has 2 aromatic carbocycles. The summed E-state index contributed by atoms with van der Waals surface area (Å²) in [5, 5.41) is 24.1. The molecule has 1 N–H and O–H groups in total. The van der Waals surface area contributed by atoms with Crippen LogP contribution >= 0.6 is 0 Å². The molecule has 1 saturated heterocycles. The first-order valence-electron chi connectivity index (χ1n) is 13.0. The van der Waals surface area contributed by atoms with Gasteiger partial charge in [0.1, 0.15) is 12.4 Å². The maximum atomic E-state index is 12.6. The zero-order valence-electron chi connectivity index (χ0n) is 22.7. The molecule has 8 nitrogen and oxygen atoms in total. The van der Waals surface area contributed by atoms with Crippen LogP contribution in [0.5, 0.6) is 5.75 Å². The third kappa shape index (κ3) is 5.23. The van der Waals surface area contributed by atoms with Crippen molar-refractivity contribution < 1.29 is 29.0 Å². The molecule has 0 spiro atoms. The third-order valence-electron chi connectivity index (χ3n) is 8.00. The van der Waals surface area contributed by atoms with Crippen molar-refractivity contribution >= 4 is 22.6 Å². The smallest absolute Gasteiger partial charge is 0.235 e. The van der Waals surface area contributed by atoms with Crippen LogP contribution in [0, 0.1) is 11.8 Å². The molecule has 2 aliphatic heterocycles. The Labute approximate surface area is 219 Å². The topological polar surface area (TPSA) is 93.1 Å². The summed E-state index contributed by atoms with van der Waals surface area (Å²) in [5.74, 6) is -1.95. The molecule has 4 rings (SSSR count). The Morgan fingerprint density at radius 1 is 1.16 bits per heavy atom. The highest BCUT2D eigenvalue weighted by atomic mass is 16.5. The Morgan fingerprint density at radius 2 is 1.84 bits per heavy atom. The van der Waals surface area contributed by atoms with Crippen LogP contribution in [0.2, 0.25) is 0 Å². The van der Waals surface area contributed by atoms with E-state index in [9.17, 15) is 19.8 Å². The summed E-state index contributed by atoms with van der Waals surface area (Å²) in [5.41, 5.74) is 1.66. The minimum atomic E-state index is -1.39. The molecule has 1 amide bonds. The Balaban J connectivity index is 1.54. The van der Waals surface area contributed by atoms with Gasteiger partial charge in [-0.25, -0.2) is 0 Å². The number of quaternary nitrogens is 1. The van der Waals surface area contributed by atoms with Crippen LogP contribution in [0.25, 0.3) is 10.8 Å². The van der Waals surface area contributed by atoms with E-state index in [0.717, 1.165) is 41.3 Å². The number of hydrogen-bond acceptors (Lipinski definition) is 6. The molecule has 200 valence electrons. The monoisotopic (exact) mass is 509 g/mol. The van der Waals surface area contributed by atoms with Crippen molar-refractivity contribution in [1.29, 1.82) is 0 Å². The first-order chi connectivity index (χ1) is 17.4. The summed E-state index contributed by atoms with van der Waals surface area (Å²) in [4.78, 5) is 28.0. The van der Waals surface area contributed by atoms with E-state index in [1.54, 1.807) is 6.92 Å². The average molecular weight is 510 g/mol. The second-order valence-electron chi connectivity index (χ2n) is 11.4. The predicted octanol–water partition coefficient (Wildman–Crippen LogP) is 1.26. The molecule has 8 heteroatoms. The first kappa shape index (κ1) is 27.1. The number of aliphatic carboxylic acids is 1. The number of carboxylic acid groups (broad SMARTS) is 1. The van der Waals surface area contributed by atoms with Crippen LogP contribution in [0.1, 0.15) is 19.4 Å². The molecular formula is C29H39N3O5. The molecule has 2 aromatic rings. The van der Waals surface area contributed by atoms with Gasteiger partial charge >= 0.3 is 0 Å². The van der Waals surface area contributed by atoms with Gasteiger partial charge in [0.2, 0.25) is 5.91 Å². The van der Waals surface area contributed by atoms with Crippen molar-refractivity contribution in [1.82, 2.24) is 9.80 Å². The molecule has 2 aliphatic rings. The third-order valence-corrected chi connectivity index (χ3v) is 8.00. The van der Waals surface area contributed by atoms with Gasteiger partial charge in [0, 0.05) is 24.3 Å². The average Bonchev–Trinajstić information content (AvgIpc) is 3.08. The summed E-state index contributed by atoms with van der Waals surface area (Å²) in [6.07, 6.45) is 0.0833. The molecule has 2 heterocycles. The van der Waals surface area contributed by atoms with Crippen LogP contribution in [-0.2, 0) is 16.0 Å². The molecule has 4 atom stereocenters. The minimum absolute atomic E-state index is 0.0368. The van der Waals surface area contributed by atoms with Crippen molar-refractivity contribution in [2.24, 2.45) is 11.8 Å². The number of likely N-dealkylation sites (N-methyl/N-ethyl adjacent to an activating group) is 2. The number of carbonyl (C=O) groups is 2. The lowest BCUT2D eigenvalue weighted by atomic mass is 9.78. The van der Waals surface area contributed by atoms with Gasteiger partial charge in [-0.05, 0) is 43.6 Å². The van der Waals surface area contributed by atoms with Gasteiger partial charge in [0.25, 0.3) is 0 Å². The number of amides is 1. The standard InChI is InChI=1S/C29H39N3O5/c1-18-23(27(29(35)36)31-26(18)25(19(2)33)28(31)34)17-37-24-12-8-10-21-20(9-7-11-22(21)24)13-15-32(5,6)16-14-30(3)4/h7-12,18-19,25-26,33H,13-17H2,1-6H3/t18-,19+,25+,26+/m0/s1. The fraction of sp³-hybridized carbons (Fsp3) is 0.517. The first-order valence-corrected chi connectivity index (χ1v) is 13.0. The number of fused-ring (bicyclic) bond motifs is 2. The van der Waals surface area contributed by atoms with Gasteiger partial charge in [0.15, 0.2) is 0 Å². The minimum Gasteiger partial charge on any atom is -0.543 e. The van der Waals surface area contributed by atoms with Crippen molar-refractivity contribution in [2.75, 3.05) is 54.4 Å². The fourth-order valence-corrected chi connectivity index (χ4v) is 5.67. The highest BCUT2D eigenvalue weighted by Gasteiger charge is 2.58. The number of hydrogen-bond donors (Lipinski definition) is 1. The summed E-state index contributed by atoms with van der Waals surface area (Å²) in [7, 11) is 8.70. The van der Waals surface area contributed by atoms with E-state index in [1.165, 1.54) is 10.5 Å². The molecule has 0 bridgehead atoms. The van der Waals surface area contributed by atoms with Crippen LogP contribution in [0.3, 0.4) is 0 Å². The molecule has 37 heavy (non-hydrogen) atoms. The van der Waals surface area contributed by atoms with Crippen molar-refractivity contribution in [2.45, 2.75) is 32.4 Å². The molecular weight excluding hydrogens is 470 g/mol. The number of aliphatic hydroxyl groups is 1. The van der Waals surface area contributed by atoms with Crippen molar-refractivity contribution in [3.63, 3.8) is 0 Å². The Morgan fingerprint density at radius 3 is 2.49 bits per heavy atom. The largest absolute Gasteiger partial charge is 0.543 e. The van der Waals surface area contributed by atoms with Gasteiger partial charge < -0.3 is 34.0 Å². The van der Waals surface area contributed by atoms with E-state index in [1.807, 2.05) is 31.2 Å². The second-order valence-corrected chi connectivity index (χ2v) is 11.4. The number of nitrogens with zero attached hydrogens (tertiary/aromatic N) is 3. The highest BCUT2D eigenvalue weighted by Crippen LogP contribution is 2.47. The van der Waals surface area contributed by atoms with Gasteiger partial charge in [-0.2, -0.15) is 0 Å². The normalized spacial score (nSPS) is 22.4. The summed E-state index contributed by atoms with van der Waals surface area (Å²) >= 11 is 0. The van der Waals surface area contributed by atoms with E-state index in [-0.39, 0.29) is 30.2 Å². The zero-order valence-corrected chi connectivity index (χ0v) is 22.7. The highest BCUT2D eigenvalue weighted by molar-refractivity contribution is 5.99. The van der Waals surface area contributed by atoms with Crippen LogP contribution < -0.4 is 9.84 Å². The number of aliphatic hydroxyl groups excluding tert-OH is 1. The summed E-state index contributed by atoms with van der Waals surface area (Å²) in [6.45, 7) is 6.59. The van der Waals surface area contributed by atoms with E-state index >= 15 is 0 Å². The lowest BCUT2D eigenvalue weighted by Gasteiger charge is -2.47. The Kier molecular flexibility index (Phi) is 7.65. The number of ether oxygens (including phenoxy) is 1. The Bertz CT molecular complexity index is 1220. The van der Waals surface area contributed by atoms with E-state index in [2.05, 4.69) is 45.2 Å². The van der Waals surface area contributed by atoms with Gasteiger partial charge in [-0.3, -0.25) is 4.79 Å². The number of rotatable bonds is 11. The number of carboxylic acids is 1. The maximum Gasteiger partial charge on any atom is 0.235 e. The van der Waals surface area contributed by atoms with E-state index in [0.29, 0.717) is 11.3 Å². The van der Waals surface area contributed by atoms with Crippen molar-refractivity contribution in [3.8, 4) is 5.75 Å².